The van der Waals surface area contributed by atoms with Crippen molar-refractivity contribution in [2.75, 3.05) is 0 Å². The monoisotopic (exact) mass is 239 g/mol. The summed E-state index contributed by atoms with van der Waals surface area (Å²) in [5, 5.41) is 11.3. The number of nitrogens with zero attached hydrogens (tertiary/aromatic N) is 2. The molecule has 18 heavy (non-hydrogen) atoms. The van der Waals surface area contributed by atoms with Gasteiger partial charge in [-0.3, -0.25) is 4.98 Å². The number of hydrogen-bond acceptors (Lipinski definition) is 3. The minimum Gasteiger partial charge on any atom is -0.388 e. The lowest BCUT2D eigenvalue weighted by molar-refractivity contribution is 0.177. The summed E-state index contributed by atoms with van der Waals surface area (Å²) < 4.78 is 0. The van der Waals surface area contributed by atoms with Gasteiger partial charge in [0.25, 0.3) is 0 Å². The molecule has 1 aromatic carbocycles. The number of aromatic amines is 1. The molecule has 0 aliphatic rings. The van der Waals surface area contributed by atoms with E-state index in [-0.39, 0.29) is 0 Å². The van der Waals surface area contributed by atoms with Crippen LogP contribution in [0.4, 0.5) is 0 Å². The van der Waals surface area contributed by atoms with E-state index in [1.165, 1.54) is 0 Å². The molecule has 0 spiro atoms. The van der Waals surface area contributed by atoms with Crippen LogP contribution in [-0.4, -0.2) is 20.1 Å². The average molecular weight is 239 g/mol. The molecule has 0 aliphatic carbocycles. The molecule has 0 aliphatic heterocycles. The zero-order valence-electron chi connectivity index (χ0n) is 9.74. The fraction of sp³-hybridized carbons (Fsp3) is 0.143. The van der Waals surface area contributed by atoms with E-state index in [9.17, 15) is 5.11 Å². The molecule has 0 bridgehead atoms. The molecule has 2 heterocycles. The molecular formula is C14H13N3O. The smallest absolute Gasteiger partial charge is 0.108 e. The Bertz CT molecular complexity index is 644. The van der Waals surface area contributed by atoms with Crippen LogP contribution in [0.2, 0.25) is 0 Å². The van der Waals surface area contributed by atoms with Gasteiger partial charge < -0.3 is 10.1 Å². The molecule has 0 radical (unpaired) electrons. The maximum absolute atomic E-state index is 10.3. The number of aliphatic hydroxyl groups excluding tert-OH is 1. The maximum atomic E-state index is 10.3. The molecule has 0 saturated heterocycles. The second kappa shape index (κ2) is 4.58. The van der Waals surface area contributed by atoms with Crippen LogP contribution in [0.25, 0.3) is 10.9 Å². The molecule has 0 fully saturated rings. The number of rotatable bonds is 3. The molecule has 4 heteroatoms. The van der Waals surface area contributed by atoms with E-state index in [2.05, 4.69) is 15.0 Å². The predicted octanol–water partition coefficient (Wildman–Crippen LogP) is 2.23. The van der Waals surface area contributed by atoms with Crippen molar-refractivity contribution in [2.24, 2.45) is 0 Å². The Morgan fingerprint density at radius 2 is 2.06 bits per heavy atom. The molecule has 1 unspecified atom stereocenters. The standard InChI is InChI=1S/C14H13N3O/c18-13(9-14-16-7-8-17-14)11-3-1-5-12-10(11)4-2-6-15-12/h1-8,13,18H,9H2,(H,16,17). The molecule has 4 nitrogen and oxygen atoms in total. The Kier molecular flexibility index (Phi) is 2.78. The van der Waals surface area contributed by atoms with E-state index in [1.807, 2.05) is 30.3 Å². The first-order valence-corrected chi connectivity index (χ1v) is 5.84. The topological polar surface area (TPSA) is 61.8 Å². The second-order valence-corrected chi connectivity index (χ2v) is 4.17. The molecule has 0 amide bonds. The minimum atomic E-state index is -0.580. The molecule has 1 atom stereocenters. The fourth-order valence-electron chi connectivity index (χ4n) is 2.12. The van der Waals surface area contributed by atoms with E-state index >= 15 is 0 Å². The van der Waals surface area contributed by atoms with E-state index in [4.69, 9.17) is 0 Å². The van der Waals surface area contributed by atoms with Crippen molar-refractivity contribution < 1.29 is 5.11 Å². The maximum Gasteiger partial charge on any atom is 0.108 e. The first kappa shape index (κ1) is 10.9. The summed E-state index contributed by atoms with van der Waals surface area (Å²) in [6, 6.07) is 9.64. The van der Waals surface area contributed by atoms with Crippen LogP contribution in [0, 0.1) is 0 Å². The van der Waals surface area contributed by atoms with Crippen molar-refractivity contribution in [3.8, 4) is 0 Å². The third-order valence-electron chi connectivity index (χ3n) is 2.98. The van der Waals surface area contributed by atoms with Crippen molar-refractivity contribution >= 4 is 10.9 Å². The van der Waals surface area contributed by atoms with E-state index < -0.39 is 6.10 Å². The summed E-state index contributed by atoms with van der Waals surface area (Å²) in [5.41, 5.74) is 1.78. The number of H-pyrrole nitrogens is 1. The van der Waals surface area contributed by atoms with Gasteiger partial charge in [-0.05, 0) is 17.7 Å². The largest absolute Gasteiger partial charge is 0.388 e. The summed E-state index contributed by atoms with van der Waals surface area (Å²) >= 11 is 0. The highest BCUT2D eigenvalue weighted by atomic mass is 16.3. The number of pyridine rings is 1. The number of aliphatic hydroxyl groups is 1. The van der Waals surface area contributed by atoms with E-state index in [1.54, 1.807) is 18.6 Å². The van der Waals surface area contributed by atoms with Gasteiger partial charge in [-0.2, -0.15) is 0 Å². The van der Waals surface area contributed by atoms with Crippen LogP contribution >= 0.6 is 0 Å². The highest BCUT2D eigenvalue weighted by Crippen LogP contribution is 2.24. The lowest BCUT2D eigenvalue weighted by Gasteiger charge is -2.12. The highest BCUT2D eigenvalue weighted by molar-refractivity contribution is 5.82. The van der Waals surface area contributed by atoms with Gasteiger partial charge in [-0.25, -0.2) is 4.98 Å². The number of hydrogen-bond donors (Lipinski definition) is 2. The lowest BCUT2D eigenvalue weighted by atomic mass is 10.0. The Hall–Kier alpha value is -2.20. The van der Waals surface area contributed by atoms with Crippen LogP contribution in [-0.2, 0) is 6.42 Å². The number of imidazole rings is 1. The van der Waals surface area contributed by atoms with Crippen molar-refractivity contribution in [3.05, 3.63) is 60.3 Å². The van der Waals surface area contributed by atoms with Crippen LogP contribution in [0.15, 0.2) is 48.9 Å². The van der Waals surface area contributed by atoms with Crippen molar-refractivity contribution in [2.45, 2.75) is 12.5 Å². The Morgan fingerprint density at radius 1 is 1.11 bits per heavy atom. The van der Waals surface area contributed by atoms with Gasteiger partial charge in [0.15, 0.2) is 0 Å². The van der Waals surface area contributed by atoms with Crippen LogP contribution in [0.1, 0.15) is 17.5 Å². The van der Waals surface area contributed by atoms with Gasteiger partial charge in [0, 0.05) is 30.4 Å². The van der Waals surface area contributed by atoms with E-state index in [0.29, 0.717) is 6.42 Å². The van der Waals surface area contributed by atoms with Gasteiger partial charge in [-0.1, -0.05) is 18.2 Å². The zero-order valence-corrected chi connectivity index (χ0v) is 9.74. The SMILES string of the molecule is OC(Cc1ncc[nH]1)c1cccc2ncccc12. The Labute approximate surface area is 104 Å². The normalized spacial score (nSPS) is 12.7. The summed E-state index contributed by atoms with van der Waals surface area (Å²) in [7, 11) is 0. The summed E-state index contributed by atoms with van der Waals surface area (Å²) in [6.45, 7) is 0. The molecule has 3 rings (SSSR count). The fourth-order valence-corrected chi connectivity index (χ4v) is 2.12. The molecule has 90 valence electrons. The van der Waals surface area contributed by atoms with Gasteiger partial charge in [0.2, 0.25) is 0 Å². The molecule has 0 saturated carbocycles. The molecular weight excluding hydrogens is 226 g/mol. The van der Waals surface area contributed by atoms with Crippen molar-refractivity contribution in [1.82, 2.24) is 15.0 Å². The van der Waals surface area contributed by atoms with Crippen molar-refractivity contribution in [3.63, 3.8) is 0 Å². The summed E-state index contributed by atoms with van der Waals surface area (Å²) in [5.74, 6) is 0.781. The van der Waals surface area contributed by atoms with Crippen LogP contribution < -0.4 is 0 Å². The number of benzene rings is 1. The number of aromatic nitrogens is 3. The molecule has 3 aromatic rings. The first-order chi connectivity index (χ1) is 8.84. The number of fused-ring (bicyclic) bond motifs is 1. The van der Waals surface area contributed by atoms with Gasteiger partial charge in [0.05, 0.1) is 11.6 Å². The van der Waals surface area contributed by atoms with Crippen LogP contribution in [0.5, 0.6) is 0 Å². The van der Waals surface area contributed by atoms with Crippen molar-refractivity contribution in [1.29, 1.82) is 0 Å². The third kappa shape index (κ3) is 1.98. The second-order valence-electron chi connectivity index (χ2n) is 4.17. The Morgan fingerprint density at radius 3 is 2.89 bits per heavy atom. The summed E-state index contributed by atoms with van der Waals surface area (Å²) in [4.78, 5) is 11.4. The average Bonchev–Trinajstić information content (AvgIpc) is 2.91. The minimum absolute atomic E-state index is 0.473. The van der Waals surface area contributed by atoms with Gasteiger partial charge in [0.1, 0.15) is 5.82 Å². The van der Waals surface area contributed by atoms with Crippen LogP contribution in [0.3, 0.4) is 0 Å². The predicted molar refractivity (Wildman–Crippen MR) is 69.0 cm³/mol. The number of nitrogens with one attached hydrogen (secondary N) is 1. The third-order valence-corrected chi connectivity index (χ3v) is 2.98. The highest BCUT2D eigenvalue weighted by Gasteiger charge is 2.13. The van der Waals surface area contributed by atoms with Gasteiger partial charge in [-0.15, -0.1) is 0 Å². The molecule has 2 N–H and O–H groups in total. The van der Waals surface area contributed by atoms with E-state index in [0.717, 1.165) is 22.3 Å². The lowest BCUT2D eigenvalue weighted by Crippen LogP contribution is -2.04. The quantitative estimate of drug-likeness (QED) is 0.736. The zero-order chi connectivity index (χ0) is 12.4. The molecule has 2 aromatic heterocycles. The first-order valence-electron chi connectivity index (χ1n) is 5.84. The van der Waals surface area contributed by atoms with Gasteiger partial charge >= 0.3 is 0 Å². The Balaban J connectivity index is 1.98. The summed E-state index contributed by atoms with van der Waals surface area (Å²) in [6.07, 6.45) is 5.09.